The smallest absolute Gasteiger partial charge is 0.652 e. The van der Waals surface area contributed by atoms with Crippen molar-refractivity contribution in [2.45, 2.75) is 0 Å². The van der Waals surface area contributed by atoms with Crippen LogP contribution in [0.4, 0.5) is 9.59 Å². The molecule has 0 unspecified atom stereocenters. The van der Waals surface area contributed by atoms with Gasteiger partial charge in [-0.25, -0.2) is 0 Å². The molecule has 8 heteroatoms. The Morgan fingerprint density at radius 1 is 1.10 bits per heavy atom. The molecule has 6 nitrogen and oxygen atoms in total. The van der Waals surface area contributed by atoms with Crippen LogP contribution in [0.5, 0.6) is 0 Å². The Kier molecular flexibility index (Phi) is 38.3. The van der Waals surface area contributed by atoms with Gasteiger partial charge in [0, 0.05) is 0 Å². The summed E-state index contributed by atoms with van der Waals surface area (Å²) < 4.78 is 0. The van der Waals surface area contributed by atoms with Crippen LogP contribution < -0.4 is 66.7 Å². The number of carbonyl (C=O) groups excluding carboxylic acids is 1. The summed E-state index contributed by atoms with van der Waals surface area (Å²) >= 11 is 0. The van der Waals surface area contributed by atoms with Gasteiger partial charge < -0.3 is 30.0 Å². The van der Waals surface area contributed by atoms with E-state index in [1.54, 1.807) is 0 Å². The standard InChI is InChI=1S/2CH2O3.K.Sr/c2*2-1(3)4;;/h2*(H2,2,3,4);;/q;;+1;+2/p-3. The van der Waals surface area contributed by atoms with Crippen LogP contribution in [0.25, 0.3) is 0 Å². The molecule has 48 valence electrons. The van der Waals surface area contributed by atoms with Gasteiger partial charge >= 0.3 is 96.9 Å². The summed E-state index contributed by atoms with van der Waals surface area (Å²) in [5.41, 5.74) is 0. The fourth-order valence-electron chi connectivity index (χ4n) is 0. The van der Waals surface area contributed by atoms with Crippen molar-refractivity contribution < 1.29 is 81.4 Å². The van der Waals surface area contributed by atoms with E-state index in [2.05, 4.69) is 0 Å². The summed E-state index contributed by atoms with van der Waals surface area (Å²) in [5.74, 6) is 0. The van der Waals surface area contributed by atoms with Crippen molar-refractivity contribution in [3.63, 3.8) is 0 Å². The van der Waals surface area contributed by atoms with Gasteiger partial charge in [-0.15, -0.1) is 0 Å². The van der Waals surface area contributed by atoms with Crippen molar-refractivity contribution in [2.24, 2.45) is 0 Å². The molecule has 0 aromatic carbocycles. The molecule has 1 N–H and O–H groups in total. The Morgan fingerprint density at radius 2 is 1.10 bits per heavy atom. The fourth-order valence-corrected chi connectivity index (χ4v) is 0. The summed E-state index contributed by atoms with van der Waals surface area (Å²) in [7, 11) is 0. The molecule has 0 rings (SSSR count). The van der Waals surface area contributed by atoms with Crippen LogP contribution in [0, 0.1) is 0 Å². The van der Waals surface area contributed by atoms with Gasteiger partial charge in [0.1, 0.15) is 0 Å². The Bertz CT molecular complexity index is 73.7. The third-order valence-electron chi connectivity index (χ3n) is 0. The van der Waals surface area contributed by atoms with Gasteiger partial charge in [0.2, 0.25) is 6.16 Å². The molecule has 0 aliphatic carbocycles. The summed E-state index contributed by atoms with van der Waals surface area (Å²) in [6.07, 6.45) is -4.42. The van der Waals surface area contributed by atoms with E-state index in [4.69, 9.17) is 30.0 Å². The predicted molar refractivity (Wildman–Crippen MR) is 19.2 cm³/mol. The molecule has 0 heterocycles. The third kappa shape index (κ3) is 264. The second kappa shape index (κ2) is 17.0. The quantitative estimate of drug-likeness (QED) is 0.424. The van der Waals surface area contributed by atoms with Crippen LogP contribution in [0.1, 0.15) is 0 Å². The van der Waals surface area contributed by atoms with Crippen LogP contribution in [-0.2, 0) is 0 Å². The first kappa shape index (κ1) is 22.6. The molecule has 0 fully saturated rings. The molecule has 0 aliphatic heterocycles. The zero-order chi connectivity index (χ0) is 7.15. The number of carboxylic acid groups (broad SMARTS) is 4. The first-order chi connectivity index (χ1) is 3.46. The zero-order valence-corrected chi connectivity index (χ0v) is 11.8. The van der Waals surface area contributed by atoms with Crippen LogP contribution in [0.15, 0.2) is 0 Å². The molecule has 10 heavy (non-hydrogen) atoms. The van der Waals surface area contributed by atoms with E-state index in [1.807, 2.05) is 0 Å². The van der Waals surface area contributed by atoms with Gasteiger partial charge in [-0.05, 0) is 6.16 Å². The summed E-state index contributed by atoms with van der Waals surface area (Å²) in [5, 5.41) is 32.0. The van der Waals surface area contributed by atoms with Gasteiger partial charge in [0.15, 0.2) is 0 Å². The summed E-state index contributed by atoms with van der Waals surface area (Å²) in [4.78, 5) is 16.8. The first-order valence-electron chi connectivity index (χ1n) is 1.24. The molecule has 0 aromatic rings. The zero-order valence-electron chi connectivity index (χ0n) is 5.20. The molecule has 0 bridgehead atoms. The van der Waals surface area contributed by atoms with Crippen LogP contribution in [-0.4, -0.2) is 62.9 Å². The van der Waals surface area contributed by atoms with E-state index >= 15 is 0 Å². The third-order valence-corrected chi connectivity index (χ3v) is 0. The normalized spacial score (nSPS) is 4.80. The predicted octanol–water partition coefficient (Wildman–Crippen LogP) is -6.94. The molecule has 0 amide bonds. The van der Waals surface area contributed by atoms with Gasteiger partial charge in [-0.1, -0.05) is 0 Å². The SMILES string of the molecule is O=C([O-])O.O=C([O-])[O-].[K+].[Sr+2]. The number of hydrogen-bond donors (Lipinski definition) is 1. The number of rotatable bonds is 0. The van der Waals surface area contributed by atoms with Crippen molar-refractivity contribution >= 4 is 57.8 Å². The first-order valence-corrected chi connectivity index (χ1v) is 1.24. The van der Waals surface area contributed by atoms with Crippen LogP contribution in [0.2, 0.25) is 0 Å². The molecule has 0 spiro atoms. The molecular formula is C2HKO6Sr. The molecule has 0 aromatic heterocycles. The van der Waals surface area contributed by atoms with E-state index in [1.165, 1.54) is 0 Å². The molecule has 0 aliphatic rings. The van der Waals surface area contributed by atoms with Crippen molar-refractivity contribution in [2.75, 3.05) is 0 Å². The Morgan fingerprint density at radius 3 is 1.10 bits per heavy atom. The van der Waals surface area contributed by atoms with Crippen molar-refractivity contribution in [1.82, 2.24) is 0 Å². The largest absolute Gasteiger partial charge is 2.00 e. The molecule has 0 radical (unpaired) electrons. The van der Waals surface area contributed by atoms with E-state index in [0.29, 0.717) is 0 Å². The topological polar surface area (TPSA) is 124 Å². The minimum atomic E-state index is -2.33. The van der Waals surface area contributed by atoms with Gasteiger partial charge in [-0.3, -0.25) is 0 Å². The van der Waals surface area contributed by atoms with Crippen LogP contribution >= 0.6 is 0 Å². The molecule has 0 saturated carbocycles. The molecular weight excluding hydrogens is 247 g/mol. The average Bonchev–Trinajstić information content (AvgIpc) is 1.25. The maximum absolute atomic E-state index is 8.44. The second-order valence-corrected chi connectivity index (χ2v) is 0.516. The monoisotopic (exact) mass is 248 g/mol. The van der Waals surface area contributed by atoms with E-state index < -0.39 is 12.3 Å². The van der Waals surface area contributed by atoms with Crippen molar-refractivity contribution in [1.29, 1.82) is 0 Å². The fraction of sp³-hybridized carbons (Fsp3) is 0. The summed E-state index contributed by atoms with van der Waals surface area (Å²) in [6.45, 7) is 0. The van der Waals surface area contributed by atoms with Crippen LogP contribution in [0.3, 0.4) is 0 Å². The van der Waals surface area contributed by atoms with E-state index in [9.17, 15) is 0 Å². The minimum absolute atomic E-state index is 0. The minimum Gasteiger partial charge on any atom is -0.652 e. The number of carbonyl (C=O) groups is 2. The van der Waals surface area contributed by atoms with Gasteiger partial charge in [0.25, 0.3) is 0 Å². The van der Waals surface area contributed by atoms with E-state index in [0.717, 1.165) is 0 Å². The molecule has 0 atom stereocenters. The van der Waals surface area contributed by atoms with Crippen molar-refractivity contribution in [3.8, 4) is 0 Å². The average molecular weight is 248 g/mol. The Labute approximate surface area is 136 Å². The Hall–Kier alpha value is 1.66. The van der Waals surface area contributed by atoms with Gasteiger partial charge in [-0.2, -0.15) is 0 Å². The van der Waals surface area contributed by atoms with Crippen molar-refractivity contribution in [3.05, 3.63) is 0 Å². The maximum atomic E-state index is 8.44. The Balaban J connectivity index is -0.0000000300. The van der Waals surface area contributed by atoms with Gasteiger partial charge in [0.05, 0.1) is 0 Å². The maximum Gasteiger partial charge on any atom is 2.00 e. The van der Waals surface area contributed by atoms with E-state index in [-0.39, 0.29) is 96.9 Å². The number of hydrogen-bond acceptors (Lipinski definition) is 5. The molecule has 0 saturated heterocycles. The summed E-state index contributed by atoms with van der Waals surface area (Å²) in [6, 6.07) is 0. The second-order valence-electron chi connectivity index (χ2n) is 0.516.